The van der Waals surface area contributed by atoms with E-state index in [0.717, 1.165) is 41.2 Å². The van der Waals surface area contributed by atoms with Gasteiger partial charge in [-0.1, -0.05) is 18.3 Å². The van der Waals surface area contributed by atoms with E-state index in [0.29, 0.717) is 40.8 Å². The number of pyridine rings is 1. The van der Waals surface area contributed by atoms with Gasteiger partial charge in [-0.3, -0.25) is 4.79 Å². The van der Waals surface area contributed by atoms with Crippen LogP contribution in [0.3, 0.4) is 0 Å². The Morgan fingerprint density at radius 3 is 2.61 bits per heavy atom. The number of carbonyl (C=O) groups is 1. The second-order valence-electron chi connectivity index (χ2n) is 10.9. The number of halogens is 1. The first kappa shape index (κ1) is 27.1. The molecule has 1 atom stereocenters. The molecule has 3 aromatic heterocycles. The molecule has 0 saturated carbocycles. The van der Waals surface area contributed by atoms with Gasteiger partial charge in [-0.2, -0.15) is 10.4 Å². The first-order valence-corrected chi connectivity index (χ1v) is 14.2. The van der Waals surface area contributed by atoms with Gasteiger partial charge in [0, 0.05) is 56.1 Å². The number of nitrogens with zero attached hydrogens (tertiary/aromatic N) is 7. The molecule has 6 rings (SSSR count). The number of aryl methyl sites for hydroxylation is 2. The molecule has 212 valence electrons. The molecule has 12 heteroatoms. The molecule has 2 fully saturated rings. The summed E-state index contributed by atoms with van der Waals surface area (Å²) in [5.41, 5.74) is 6.10. The van der Waals surface area contributed by atoms with Crippen LogP contribution in [0.2, 0.25) is 0 Å². The number of fused-ring (bicyclic) bond motifs is 1. The van der Waals surface area contributed by atoms with E-state index in [1.165, 1.54) is 23.5 Å². The van der Waals surface area contributed by atoms with Crippen molar-refractivity contribution in [1.82, 2.24) is 19.5 Å². The number of hydrogen-bond acceptors (Lipinski definition) is 9. The number of carbonyl (C=O) groups excluding carboxylic acids is 1. The summed E-state index contributed by atoms with van der Waals surface area (Å²) in [4.78, 5) is 23.3. The monoisotopic (exact) mass is 575 g/mol. The topological polar surface area (TPSA) is 121 Å². The summed E-state index contributed by atoms with van der Waals surface area (Å²) in [5, 5.41) is 34.0. The summed E-state index contributed by atoms with van der Waals surface area (Å²) in [7, 11) is 1.92. The van der Waals surface area contributed by atoms with Gasteiger partial charge in [0.15, 0.2) is 11.2 Å². The molecule has 0 bridgehead atoms. The molecule has 2 aliphatic heterocycles. The minimum absolute atomic E-state index is 0.00316. The maximum absolute atomic E-state index is 13.5. The summed E-state index contributed by atoms with van der Waals surface area (Å²) in [6, 6.07) is 10.4. The van der Waals surface area contributed by atoms with Crippen LogP contribution in [0.25, 0.3) is 16.8 Å². The van der Waals surface area contributed by atoms with Gasteiger partial charge in [0.2, 0.25) is 0 Å². The standard InChI is InChI=1S/C29H30FN7O3S/c1-4-20-26(34(3)28-32-25(24(10-31)41-28)18-5-7-19(30)8-6-18)22-9-21(17(2)11-37(22)33-20)35-13-29(14-35)15-36(16-29)27(40)23(39)12-38/h5-9,11,23,38-39H,4,12-16H2,1-3H3. The van der Waals surface area contributed by atoms with Gasteiger partial charge in [0.25, 0.3) is 5.91 Å². The lowest BCUT2D eigenvalue weighted by Crippen LogP contribution is -2.74. The SMILES string of the molecule is CCc1nn2cc(C)c(N3CC4(CN(C(=O)C(O)CO)C4)C3)cc2c1N(C)c1nc(-c2ccc(F)cc2)c(C#N)s1. The van der Waals surface area contributed by atoms with Crippen LogP contribution in [0.15, 0.2) is 36.5 Å². The van der Waals surface area contributed by atoms with Gasteiger partial charge in [-0.05, 0) is 49.2 Å². The molecule has 1 unspecified atom stereocenters. The van der Waals surface area contributed by atoms with Crippen LogP contribution >= 0.6 is 11.3 Å². The molecule has 10 nitrogen and oxygen atoms in total. The van der Waals surface area contributed by atoms with Crippen molar-refractivity contribution < 1.29 is 19.4 Å². The average Bonchev–Trinajstić information content (AvgIpc) is 3.52. The van der Waals surface area contributed by atoms with E-state index in [1.54, 1.807) is 17.0 Å². The van der Waals surface area contributed by atoms with E-state index in [9.17, 15) is 19.6 Å². The predicted molar refractivity (Wildman–Crippen MR) is 154 cm³/mol. The van der Waals surface area contributed by atoms with Crippen molar-refractivity contribution in [3.63, 3.8) is 0 Å². The van der Waals surface area contributed by atoms with Crippen molar-refractivity contribution in [1.29, 1.82) is 5.26 Å². The number of likely N-dealkylation sites (tertiary alicyclic amines) is 1. The van der Waals surface area contributed by atoms with Gasteiger partial charge in [0.05, 0.1) is 23.5 Å². The van der Waals surface area contributed by atoms with Gasteiger partial charge in [0.1, 0.15) is 22.5 Å². The molecule has 5 heterocycles. The number of aliphatic hydroxyl groups is 2. The number of anilines is 3. The second kappa shape index (κ2) is 10.1. The fraction of sp³-hybridized carbons (Fsp3) is 0.379. The van der Waals surface area contributed by atoms with Crippen molar-refractivity contribution in [3.05, 3.63) is 58.5 Å². The van der Waals surface area contributed by atoms with E-state index in [-0.39, 0.29) is 11.2 Å². The van der Waals surface area contributed by atoms with Crippen LogP contribution in [0.1, 0.15) is 23.1 Å². The molecule has 1 aromatic carbocycles. The van der Waals surface area contributed by atoms with Crippen LogP contribution in [-0.4, -0.2) is 81.6 Å². The Balaban J connectivity index is 1.29. The maximum atomic E-state index is 13.5. The molecule has 1 spiro atoms. The zero-order valence-corrected chi connectivity index (χ0v) is 23.8. The molecular formula is C29H30FN7O3S. The molecule has 2 saturated heterocycles. The lowest BCUT2D eigenvalue weighted by Gasteiger charge is -2.61. The molecule has 2 N–H and O–H groups in total. The van der Waals surface area contributed by atoms with Gasteiger partial charge >= 0.3 is 0 Å². The minimum atomic E-state index is -1.35. The lowest BCUT2D eigenvalue weighted by molar-refractivity contribution is -0.156. The van der Waals surface area contributed by atoms with Crippen LogP contribution in [0, 0.1) is 29.5 Å². The van der Waals surface area contributed by atoms with E-state index < -0.39 is 18.6 Å². The van der Waals surface area contributed by atoms with E-state index in [2.05, 4.69) is 30.9 Å². The van der Waals surface area contributed by atoms with Crippen LogP contribution < -0.4 is 9.80 Å². The highest BCUT2D eigenvalue weighted by Crippen LogP contribution is 2.44. The number of rotatable bonds is 7. The number of hydrogen-bond donors (Lipinski definition) is 2. The summed E-state index contributed by atoms with van der Waals surface area (Å²) in [6.07, 6.45) is 1.37. The Bertz CT molecular complexity index is 1680. The van der Waals surface area contributed by atoms with Gasteiger partial charge < -0.3 is 24.9 Å². The molecule has 2 aliphatic rings. The van der Waals surface area contributed by atoms with E-state index >= 15 is 0 Å². The van der Waals surface area contributed by atoms with Crippen LogP contribution in [0.5, 0.6) is 0 Å². The minimum Gasteiger partial charge on any atom is -0.393 e. The largest absolute Gasteiger partial charge is 0.393 e. The Morgan fingerprint density at radius 2 is 1.98 bits per heavy atom. The average molecular weight is 576 g/mol. The first-order chi connectivity index (χ1) is 19.7. The Kier molecular flexibility index (Phi) is 6.68. The summed E-state index contributed by atoms with van der Waals surface area (Å²) in [6.45, 7) is 6.27. The van der Waals surface area contributed by atoms with E-state index in [4.69, 9.17) is 15.2 Å². The molecule has 1 amide bonds. The Hall–Kier alpha value is -4.05. The van der Waals surface area contributed by atoms with Gasteiger partial charge in [-0.25, -0.2) is 13.9 Å². The zero-order valence-electron chi connectivity index (χ0n) is 23.0. The second-order valence-corrected chi connectivity index (χ2v) is 11.9. The fourth-order valence-electron chi connectivity index (χ4n) is 5.93. The van der Waals surface area contributed by atoms with Crippen molar-refractivity contribution in [2.45, 2.75) is 26.4 Å². The number of benzene rings is 1. The maximum Gasteiger partial charge on any atom is 0.253 e. The molecule has 0 radical (unpaired) electrons. The summed E-state index contributed by atoms with van der Waals surface area (Å²) in [5.74, 6) is -0.765. The van der Waals surface area contributed by atoms with E-state index in [1.807, 2.05) is 22.7 Å². The Labute approximate surface area is 240 Å². The quantitative estimate of drug-likeness (QED) is 0.345. The number of aliphatic hydroxyl groups excluding tert-OH is 2. The number of amides is 1. The fourth-order valence-corrected chi connectivity index (χ4v) is 6.78. The number of thiazole rings is 1. The highest BCUT2D eigenvalue weighted by atomic mass is 32.1. The smallest absolute Gasteiger partial charge is 0.253 e. The van der Waals surface area contributed by atoms with Crippen molar-refractivity contribution >= 4 is 39.3 Å². The lowest BCUT2D eigenvalue weighted by atomic mass is 9.72. The molecular weight excluding hydrogens is 545 g/mol. The Morgan fingerprint density at radius 1 is 1.27 bits per heavy atom. The molecule has 41 heavy (non-hydrogen) atoms. The third-order valence-corrected chi connectivity index (χ3v) is 9.03. The third-order valence-electron chi connectivity index (χ3n) is 7.99. The highest BCUT2D eigenvalue weighted by molar-refractivity contribution is 7.16. The van der Waals surface area contributed by atoms with Crippen LogP contribution in [-0.2, 0) is 11.2 Å². The summed E-state index contributed by atoms with van der Waals surface area (Å²) >= 11 is 1.29. The molecule has 0 aliphatic carbocycles. The normalized spacial score (nSPS) is 16.4. The van der Waals surface area contributed by atoms with Crippen molar-refractivity contribution in [2.75, 3.05) is 49.6 Å². The van der Waals surface area contributed by atoms with Crippen molar-refractivity contribution in [3.8, 4) is 17.3 Å². The number of aromatic nitrogens is 3. The van der Waals surface area contributed by atoms with Crippen molar-refractivity contribution in [2.24, 2.45) is 5.41 Å². The highest BCUT2D eigenvalue weighted by Gasteiger charge is 2.54. The van der Waals surface area contributed by atoms with Crippen LogP contribution in [0.4, 0.5) is 20.9 Å². The third kappa shape index (κ3) is 4.50. The first-order valence-electron chi connectivity index (χ1n) is 13.4. The zero-order chi connectivity index (χ0) is 29.1. The summed E-state index contributed by atoms with van der Waals surface area (Å²) < 4.78 is 15.4. The predicted octanol–water partition coefficient (Wildman–Crippen LogP) is 3.11. The molecule has 4 aromatic rings. The number of nitriles is 1. The van der Waals surface area contributed by atoms with Gasteiger partial charge in [-0.15, -0.1) is 0 Å².